The van der Waals surface area contributed by atoms with Crippen LogP contribution in [0.3, 0.4) is 0 Å². The van der Waals surface area contributed by atoms with Crippen molar-refractivity contribution >= 4 is 5.78 Å². The Labute approximate surface area is 112 Å². The average molecular weight is 252 g/mol. The Hall–Kier alpha value is -0.410. The first-order valence-corrected chi connectivity index (χ1v) is 7.58. The summed E-state index contributed by atoms with van der Waals surface area (Å²) in [5.74, 6) is 0.892. The van der Waals surface area contributed by atoms with Crippen LogP contribution in [0.25, 0.3) is 0 Å². The van der Waals surface area contributed by atoms with Crippen LogP contribution in [-0.2, 0) is 4.79 Å². The molecule has 3 nitrogen and oxygen atoms in total. The minimum atomic E-state index is 0.380. The third kappa shape index (κ3) is 3.79. The second-order valence-electron chi connectivity index (χ2n) is 6.27. The number of rotatable bonds is 4. The minimum absolute atomic E-state index is 0.380. The zero-order chi connectivity index (χ0) is 13.0. The molecular formula is C15H28N2O. The number of carbonyl (C=O) groups excluding carboxylic acids is 1. The Balaban J connectivity index is 1.72. The number of nitrogens with zero attached hydrogens (tertiary/aromatic N) is 2. The van der Waals surface area contributed by atoms with E-state index in [9.17, 15) is 4.79 Å². The Kier molecular flexibility index (Phi) is 5.19. The second-order valence-corrected chi connectivity index (χ2v) is 6.27. The molecule has 0 N–H and O–H groups in total. The molecule has 0 aromatic carbocycles. The molecule has 3 heteroatoms. The quantitative estimate of drug-likeness (QED) is 0.766. The lowest BCUT2D eigenvalue weighted by molar-refractivity contribution is -0.125. The van der Waals surface area contributed by atoms with E-state index in [0.29, 0.717) is 24.3 Å². The largest absolute Gasteiger partial charge is 0.306 e. The Bertz CT molecular complexity index is 264. The van der Waals surface area contributed by atoms with E-state index in [1.165, 1.54) is 32.1 Å². The van der Waals surface area contributed by atoms with Gasteiger partial charge in [0.1, 0.15) is 5.78 Å². The number of Topliss-reactive ketones (excluding diaryl/α,β-unsaturated/α-hetero) is 1. The van der Waals surface area contributed by atoms with Gasteiger partial charge in [0.05, 0.1) is 6.54 Å². The number of likely N-dealkylation sites (tertiary alicyclic amines) is 1. The molecule has 2 rings (SSSR count). The number of ketones is 1. The minimum Gasteiger partial charge on any atom is -0.306 e. The molecule has 1 heterocycles. The number of piperidine rings is 1. The van der Waals surface area contributed by atoms with Crippen molar-refractivity contribution in [3.05, 3.63) is 0 Å². The van der Waals surface area contributed by atoms with Gasteiger partial charge in [-0.2, -0.15) is 0 Å². The second kappa shape index (κ2) is 6.67. The SMILES string of the molecule is CN(C)C1CCN(CC(=O)C2CCCCC2)CC1. The number of carbonyl (C=O) groups is 1. The Morgan fingerprint density at radius 3 is 2.22 bits per heavy atom. The molecule has 104 valence electrons. The molecule has 2 fully saturated rings. The predicted molar refractivity (Wildman–Crippen MR) is 74.7 cm³/mol. The zero-order valence-corrected chi connectivity index (χ0v) is 12.0. The number of hydrogen-bond donors (Lipinski definition) is 0. The third-order valence-corrected chi connectivity index (χ3v) is 4.73. The fraction of sp³-hybridized carbons (Fsp3) is 0.933. The first-order valence-electron chi connectivity index (χ1n) is 7.58. The standard InChI is InChI=1S/C15H28N2O/c1-16(2)14-8-10-17(11-9-14)12-15(18)13-6-4-3-5-7-13/h13-14H,3-12H2,1-2H3. The van der Waals surface area contributed by atoms with Crippen molar-refractivity contribution in [2.75, 3.05) is 33.7 Å². The monoisotopic (exact) mass is 252 g/mol. The lowest BCUT2D eigenvalue weighted by Gasteiger charge is -2.35. The van der Waals surface area contributed by atoms with Crippen LogP contribution in [0.15, 0.2) is 0 Å². The van der Waals surface area contributed by atoms with E-state index < -0.39 is 0 Å². The summed E-state index contributed by atoms with van der Waals surface area (Å²) < 4.78 is 0. The highest BCUT2D eigenvalue weighted by Crippen LogP contribution is 2.25. The molecule has 0 atom stereocenters. The molecule has 0 amide bonds. The fourth-order valence-corrected chi connectivity index (χ4v) is 3.37. The van der Waals surface area contributed by atoms with E-state index in [-0.39, 0.29) is 0 Å². The van der Waals surface area contributed by atoms with Crippen LogP contribution in [0, 0.1) is 5.92 Å². The molecule has 18 heavy (non-hydrogen) atoms. The number of hydrogen-bond acceptors (Lipinski definition) is 3. The molecule has 1 aliphatic heterocycles. The summed E-state index contributed by atoms with van der Waals surface area (Å²) in [6, 6.07) is 0.714. The van der Waals surface area contributed by atoms with Gasteiger partial charge in [-0.25, -0.2) is 0 Å². The molecule has 1 saturated heterocycles. The van der Waals surface area contributed by atoms with Gasteiger partial charge in [0.2, 0.25) is 0 Å². The topological polar surface area (TPSA) is 23.6 Å². The molecule has 1 aliphatic carbocycles. The molecular weight excluding hydrogens is 224 g/mol. The van der Waals surface area contributed by atoms with Gasteiger partial charge in [-0.05, 0) is 39.8 Å². The van der Waals surface area contributed by atoms with Crippen molar-refractivity contribution in [1.29, 1.82) is 0 Å². The summed E-state index contributed by atoms with van der Waals surface area (Å²) in [4.78, 5) is 16.9. The average Bonchev–Trinajstić information content (AvgIpc) is 2.40. The van der Waals surface area contributed by atoms with E-state index in [0.717, 1.165) is 25.9 Å². The lowest BCUT2D eigenvalue weighted by Crippen LogP contribution is -2.44. The lowest BCUT2D eigenvalue weighted by atomic mass is 9.86. The van der Waals surface area contributed by atoms with Crippen molar-refractivity contribution in [3.63, 3.8) is 0 Å². The molecule has 0 aromatic heterocycles. The molecule has 0 aromatic rings. The summed E-state index contributed by atoms with van der Waals surface area (Å²) in [7, 11) is 4.32. The molecule has 2 aliphatic rings. The van der Waals surface area contributed by atoms with Crippen LogP contribution in [0.5, 0.6) is 0 Å². The van der Waals surface area contributed by atoms with Gasteiger partial charge in [0.25, 0.3) is 0 Å². The zero-order valence-electron chi connectivity index (χ0n) is 12.0. The first kappa shape index (κ1) is 14.0. The highest BCUT2D eigenvalue weighted by molar-refractivity contribution is 5.83. The highest BCUT2D eigenvalue weighted by Gasteiger charge is 2.26. The highest BCUT2D eigenvalue weighted by atomic mass is 16.1. The molecule has 0 bridgehead atoms. The van der Waals surface area contributed by atoms with Crippen molar-refractivity contribution in [1.82, 2.24) is 9.80 Å². The van der Waals surface area contributed by atoms with E-state index in [1.54, 1.807) is 0 Å². The maximum Gasteiger partial charge on any atom is 0.149 e. The van der Waals surface area contributed by atoms with E-state index in [2.05, 4.69) is 23.9 Å². The van der Waals surface area contributed by atoms with Crippen molar-refractivity contribution < 1.29 is 4.79 Å². The summed E-state index contributed by atoms with van der Waals surface area (Å²) >= 11 is 0. The van der Waals surface area contributed by atoms with Gasteiger partial charge >= 0.3 is 0 Å². The first-order chi connectivity index (χ1) is 8.66. The van der Waals surface area contributed by atoms with Gasteiger partial charge in [0, 0.05) is 25.0 Å². The molecule has 1 saturated carbocycles. The van der Waals surface area contributed by atoms with Crippen LogP contribution >= 0.6 is 0 Å². The van der Waals surface area contributed by atoms with Crippen molar-refractivity contribution in [2.24, 2.45) is 5.92 Å². The van der Waals surface area contributed by atoms with E-state index in [4.69, 9.17) is 0 Å². The van der Waals surface area contributed by atoms with Gasteiger partial charge in [-0.15, -0.1) is 0 Å². The van der Waals surface area contributed by atoms with Gasteiger partial charge < -0.3 is 4.90 Å². The molecule has 0 spiro atoms. The maximum atomic E-state index is 12.2. The maximum absolute atomic E-state index is 12.2. The molecule has 0 unspecified atom stereocenters. The van der Waals surface area contributed by atoms with E-state index >= 15 is 0 Å². The fourth-order valence-electron chi connectivity index (χ4n) is 3.37. The van der Waals surface area contributed by atoms with Crippen LogP contribution in [-0.4, -0.2) is 55.4 Å². The van der Waals surface area contributed by atoms with Gasteiger partial charge in [0.15, 0.2) is 0 Å². The normalized spacial score (nSPS) is 24.6. The van der Waals surface area contributed by atoms with Crippen molar-refractivity contribution in [2.45, 2.75) is 51.0 Å². The van der Waals surface area contributed by atoms with Crippen LogP contribution < -0.4 is 0 Å². The Morgan fingerprint density at radius 2 is 1.67 bits per heavy atom. The summed E-state index contributed by atoms with van der Waals surface area (Å²) in [5.41, 5.74) is 0. The van der Waals surface area contributed by atoms with E-state index in [1.807, 2.05) is 0 Å². The smallest absolute Gasteiger partial charge is 0.149 e. The third-order valence-electron chi connectivity index (χ3n) is 4.73. The van der Waals surface area contributed by atoms with Crippen LogP contribution in [0.4, 0.5) is 0 Å². The van der Waals surface area contributed by atoms with Crippen LogP contribution in [0.2, 0.25) is 0 Å². The summed E-state index contributed by atoms with van der Waals surface area (Å²) in [6.45, 7) is 2.91. The predicted octanol–water partition coefficient (Wildman–Crippen LogP) is 2.16. The summed E-state index contributed by atoms with van der Waals surface area (Å²) in [5, 5.41) is 0. The summed E-state index contributed by atoms with van der Waals surface area (Å²) in [6.07, 6.45) is 8.58. The van der Waals surface area contributed by atoms with Crippen molar-refractivity contribution in [3.8, 4) is 0 Å². The van der Waals surface area contributed by atoms with Gasteiger partial charge in [-0.1, -0.05) is 19.3 Å². The Morgan fingerprint density at radius 1 is 1.06 bits per heavy atom. The molecule has 0 radical (unpaired) electrons. The van der Waals surface area contributed by atoms with Gasteiger partial charge in [-0.3, -0.25) is 9.69 Å². The van der Waals surface area contributed by atoms with Crippen LogP contribution in [0.1, 0.15) is 44.9 Å².